The Bertz CT molecular complexity index is 1010. The van der Waals surface area contributed by atoms with Crippen molar-refractivity contribution in [2.45, 2.75) is 13.3 Å². The lowest BCUT2D eigenvalue weighted by atomic mass is 10.0. The van der Waals surface area contributed by atoms with E-state index in [0.717, 1.165) is 50.5 Å². The van der Waals surface area contributed by atoms with Crippen LogP contribution in [0.25, 0.3) is 5.57 Å². The largest absolute Gasteiger partial charge is 0.497 e. The van der Waals surface area contributed by atoms with E-state index in [-0.39, 0.29) is 11.8 Å². The van der Waals surface area contributed by atoms with Crippen molar-refractivity contribution >= 4 is 23.1 Å². The number of carbonyl (C=O) groups excluding carboxylic acids is 2. The smallest absolute Gasteiger partial charge is 0.278 e. The summed E-state index contributed by atoms with van der Waals surface area (Å²) in [6, 6.07) is 15.0. The molecular weight excluding hydrogens is 406 g/mol. The molecule has 2 aromatic carbocycles. The number of nitrogens with one attached hydrogen (secondary N) is 1. The standard InChI is InChI=1S/C25H29N3O4/c1-18-5-3-6-20(17-18)26-23-22(19-7-9-21(31-2)10-8-19)24(29)28(25(23)30)12-4-11-27-13-15-32-16-14-27/h3,5-10,17,26H,4,11-16H2,1-2H3. The van der Waals surface area contributed by atoms with Gasteiger partial charge in [0.15, 0.2) is 0 Å². The summed E-state index contributed by atoms with van der Waals surface area (Å²) in [5.41, 5.74) is 3.25. The number of methoxy groups -OCH3 is 1. The van der Waals surface area contributed by atoms with Gasteiger partial charge in [0.2, 0.25) is 0 Å². The lowest BCUT2D eigenvalue weighted by Crippen LogP contribution is -2.39. The van der Waals surface area contributed by atoms with Crippen LogP contribution in [0.4, 0.5) is 5.69 Å². The maximum atomic E-state index is 13.4. The minimum atomic E-state index is -0.288. The quantitative estimate of drug-likeness (QED) is 0.643. The first-order chi connectivity index (χ1) is 15.6. The molecule has 2 heterocycles. The number of hydrogen-bond acceptors (Lipinski definition) is 6. The first-order valence-electron chi connectivity index (χ1n) is 11.0. The lowest BCUT2D eigenvalue weighted by molar-refractivity contribution is -0.136. The number of aryl methyl sites for hydroxylation is 1. The summed E-state index contributed by atoms with van der Waals surface area (Å²) in [5.74, 6) is 0.142. The second-order valence-electron chi connectivity index (χ2n) is 8.04. The van der Waals surface area contributed by atoms with E-state index in [1.54, 1.807) is 19.2 Å². The Balaban J connectivity index is 1.57. The number of anilines is 1. The number of carbonyl (C=O) groups is 2. The van der Waals surface area contributed by atoms with Crippen LogP contribution in [0.3, 0.4) is 0 Å². The van der Waals surface area contributed by atoms with Crippen molar-refractivity contribution in [1.82, 2.24) is 9.80 Å². The van der Waals surface area contributed by atoms with Gasteiger partial charge in [-0.15, -0.1) is 0 Å². The van der Waals surface area contributed by atoms with E-state index in [2.05, 4.69) is 10.2 Å². The van der Waals surface area contributed by atoms with Gasteiger partial charge < -0.3 is 14.8 Å². The van der Waals surface area contributed by atoms with E-state index in [0.29, 0.717) is 29.1 Å². The third-order valence-electron chi connectivity index (χ3n) is 5.79. The summed E-state index contributed by atoms with van der Waals surface area (Å²) >= 11 is 0. The van der Waals surface area contributed by atoms with Gasteiger partial charge in [0.05, 0.1) is 25.9 Å². The number of amides is 2. The second kappa shape index (κ2) is 9.97. The molecule has 4 rings (SSSR count). The molecule has 0 aromatic heterocycles. The van der Waals surface area contributed by atoms with Crippen molar-refractivity contribution in [2.24, 2.45) is 0 Å². The molecule has 0 unspecified atom stereocenters. The third-order valence-corrected chi connectivity index (χ3v) is 5.79. The Morgan fingerprint density at radius 2 is 1.75 bits per heavy atom. The molecule has 32 heavy (non-hydrogen) atoms. The van der Waals surface area contributed by atoms with Gasteiger partial charge in [-0.1, -0.05) is 24.3 Å². The zero-order chi connectivity index (χ0) is 22.5. The maximum absolute atomic E-state index is 13.4. The summed E-state index contributed by atoms with van der Waals surface area (Å²) < 4.78 is 10.6. The predicted octanol–water partition coefficient (Wildman–Crippen LogP) is 2.92. The highest BCUT2D eigenvalue weighted by Crippen LogP contribution is 2.31. The van der Waals surface area contributed by atoms with Crippen LogP contribution < -0.4 is 10.1 Å². The van der Waals surface area contributed by atoms with Crippen LogP contribution in [0, 0.1) is 6.92 Å². The van der Waals surface area contributed by atoms with Crippen molar-refractivity contribution in [3.05, 3.63) is 65.4 Å². The number of hydrogen-bond donors (Lipinski definition) is 1. The van der Waals surface area contributed by atoms with Gasteiger partial charge in [-0.05, 0) is 48.7 Å². The summed E-state index contributed by atoms with van der Waals surface area (Å²) in [6.07, 6.45) is 0.727. The van der Waals surface area contributed by atoms with Gasteiger partial charge in [-0.3, -0.25) is 19.4 Å². The molecule has 1 fully saturated rings. The highest BCUT2D eigenvalue weighted by molar-refractivity contribution is 6.36. The average molecular weight is 436 g/mol. The first kappa shape index (κ1) is 22.0. The summed E-state index contributed by atoms with van der Waals surface area (Å²) in [6.45, 7) is 6.44. The zero-order valence-corrected chi connectivity index (χ0v) is 18.6. The van der Waals surface area contributed by atoms with E-state index in [4.69, 9.17) is 9.47 Å². The van der Waals surface area contributed by atoms with Crippen LogP contribution in [0.15, 0.2) is 54.2 Å². The Morgan fingerprint density at radius 1 is 1.00 bits per heavy atom. The van der Waals surface area contributed by atoms with Crippen LogP contribution in [-0.4, -0.2) is 68.1 Å². The van der Waals surface area contributed by atoms with Crippen LogP contribution in [0.5, 0.6) is 5.75 Å². The fraction of sp³-hybridized carbons (Fsp3) is 0.360. The average Bonchev–Trinajstić information content (AvgIpc) is 3.04. The fourth-order valence-corrected chi connectivity index (χ4v) is 4.06. The molecule has 7 heteroatoms. The predicted molar refractivity (Wildman–Crippen MR) is 123 cm³/mol. The Hall–Kier alpha value is -3.16. The molecule has 0 atom stereocenters. The topological polar surface area (TPSA) is 71.1 Å². The van der Waals surface area contributed by atoms with E-state index in [1.807, 2.05) is 43.3 Å². The SMILES string of the molecule is COc1ccc(C2=C(Nc3cccc(C)c3)C(=O)N(CCCN3CCOCC3)C2=O)cc1. The molecule has 2 amide bonds. The maximum Gasteiger partial charge on any atom is 0.278 e. The zero-order valence-electron chi connectivity index (χ0n) is 18.6. The molecule has 7 nitrogen and oxygen atoms in total. The summed E-state index contributed by atoms with van der Waals surface area (Å²) in [5, 5.41) is 3.22. The molecule has 2 aliphatic rings. The van der Waals surface area contributed by atoms with Crippen LogP contribution in [0.2, 0.25) is 0 Å². The molecule has 0 aliphatic carbocycles. The van der Waals surface area contributed by atoms with Gasteiger partial charge >= 0.3 is 0 Å². The van der Waals surface area contributed by atoms with Crippen molar-refractivity contribution in [2.75, 3.05) is 51.8 Å². The Kier molecular flexibility index (Phi) is 6.87. The van der Waals surface area contributed by atoms with Crippen LogP contribution >= 0.6 is 0 Å². The summed E-state index contributed by atoms with van der Waals surface area (Å²) in [4.78, 5) is 30.3. The second-order valence-corrected chi connectivity index (χ2v) is 8.04. The first-order valence-corrected chi connectivity index (χ1v) is 11.0. The lowest BCUT2D eigenvalue weighted by Gasteiger charge is -2.27. The third kappa shape index (κ3) is 4.84. The number of benzene rings is 2. The van der Waals surface area contributed by atoms with Crippen molar-refractivity contribution in [3.63, 3.8) is 0 Å². The number of nitrogens with zero attached hydrogens (tertiary/aromatic N) is 2. The number of morpholine rings is 1. The van der Waals surface area contributed by atoms with E-state index >= 15 is 0 Å². The van der Waals surface area contributed by atoms with E-state index < -0.39 is 0 Å². The van der Waals surface area contributed by atoms with Gasteiger partial charge in [-0.2, -0.15) is 0 Å². The van der Waals surface area contributed by atoms with Crippen molar-refractivity contribution < 1.29 is 19.1 Å². The molecule has 0 spiro atoms. The highest BCUT2D eigenvalue weighted by Gasteiger charge is 2.39. The number of rotatable bonds is 8. The van der Waals surface area contributed by atoms with Crippen molar-refractivity contribution in [3.8, 4) is 5.75 Å². The molecule has 0 bridgehead atoms. The molecule has 0 radical (unpaired) electrons. The molecule has 1 N–H and O–H groups in total. The molecule has 0 saturated carbocycles. The highest BCUT2D eigenvalue weighted by atomic mass is 16.5. The molecule has 2 aliphatic heterocycles. The van der Waals surface area contributed by atoms with Crippen molar-refractivity contribution in [1.29, 1.82) is 0 Å². The minimum absolute atomic E-state index is 0.266. The van der Waals surface area contributed by atoms with E-state index in [1.165, 1.54) is 4.90 Å². The fourth-order valence-electron chi connectivity index (χ4n) is 4.06. The normalized spacial score (nSPS) is 17.2. The molecule has 1 saturated heterocycles. The molecule has 168 valence electrons. The Labute approximate surface area is 188 Å². The minimum Gasteiger partial charge on any atom is -0.497 e. The summed E-state index contributed by atoms with van der Waals surface area (Å²) in [7, 11) is 1.60. The number of ether oxygens (including phenoxy) is 2. The van der Waals surface area contributed by atoms with E-state index in [9.17, 15) is 9.59 Å². The van der Waals surface area contributed by atoms with Gasteiger partial charge in [0, 0.05) is 31.9 Å². The molecular formula is C25H29N3O4. The number of imide groups is 1. The van der Waals surface area contributed by atoms with Gasteiger partial charge in [0.1, 0.15) is 11.4 Å². The van der Waals surface area contributed by atoms with Crippen LogP contribution in [-0.2, 0) is 14.3 Å². The monoisotopic (exact) mass is 435 g/mol. The van der Waals surface area contributed by atoms with Gasteiger partial charge in [-0.25, -0.2) is 0 Å². The molecule has 2 aromatic rings. The Morgan fingerprint density at radius 3 is 2.44 bits per heavy atom. The van der Waals surface area contributed by atoms with Crippen LogP contribution in [0.1, 0.15) is 17.5 Å². The van der Waals surface area contributed by atoms with Gasteiger partial charge in [0.25, 0.3) is 11.8 Å².